The van der Waals surface area contributed by atoms with E-state index in [1.54, 1.807) is 24.3 Å². The average Bonchev–Trinajstić information content (AvgIpc) is 2.66. The van der Waals surface area contributed by atoms with E-state index in [1.807, 2.05) is 0 Å². The molecular formula is C19H18O7. The molecule has 0 saturated heterocycles. The van der Waals surface area contributed by atoms with E-state index in [1.165, 1.54) is 25.3 Å². The van der Waals surface area contributed by atoms with E-state index in [-0.39, 0.29) is 30.5 Å². The number of hydrogen-bond donors (Lipinski definition) is 0. The first-order valence-electron chi connectivity index (χ1n) is 7.61. The Bertz CT molecular complexity index is 826. The van der Waals surface area contributed by atoms with Crippen molar-refractivity contribution in [3.63, 3.8) is 0 Å². The van der Waals surface area contributed by atoms with Gasteiger partial charge in [0.25, 0.3) is 0 Å². The summed E-state index contributed by atoms with van der Waals surface area (Å²) in [5, 5.41) is 1.02. The summed E-state index contributed by atoms with van der Waals surface area (Å²) in [7, 11) is 1.39. The zero-order chi connectivity index (χ0) is 18.9. The zero-order valence-corrected chi connectivity index (χ0v) is 14.2. The van der Waals surface area contributed by atoms with Crippen LogP contribution in [0.15, 0.2) is 55.6 Å². The van der Waals surface area contributed by atoms with E-state index in [4.69, 9.17) is 23.7 Å². The molecule has 7 nitrogen and oxygen atoms in total. The van der Waals surface area contributed by atoms with Crippen molar-refractivity contribution >= 4 is 23.1 Å². The lowest BCUT2D eigenvalue weighted by Gasteiger charge is -2.15. The first-order valence-corrected chi connectivity index (χ1v) is 7.61. The average molecular weight is 358 g/mol. The fraction of sp³-hybridized carbons (Fsp3) is 0.158. The van der Waals surface area contributed by atoms with Crippen LogP contribution in [0.2, 0.25) is 0 Å². The van der Waals surface area contributed by atoms with E-state index in [0.717, 1.165) is 0 Å². The normalized spacial score (nSPS) is 9.88. The van der Waals surface area contributed by atoms with Crippen LogP contribution in [-0.4, -0.2) is 32.6 Å². The smallest absolute Gasteiger partial charge is 0.493 e. The van der Waals surface area contributed by atoms with Crippen LogP contribution in [-0.2, 0) is 9.47 Å². The first kappa shape index (κ1) is 18.9. The molecule has 26 heavy (non-hydrogen) atoms. The number of hydrogen-bond acceptors (Lipinski definition) is 7. The van der Waals surface area contributed by atoms with Gasteiger partial charge in [0.1, 0.15) is 19.0 Å². The molecule has 0 spiro atoms. The van der Waals surface area contributed by atoms with Crippen LogP contribution >= 0.6 is 0 Å². The number of benzene rings is 2. The molecule has 0 radical (unpaired) electrons. The second-order valence-corrected chi connectivity index (χ2v) is 4.86. The highest BCUT2D eigenvalue weighted by atomic mass is 16.7. The van der Waals surface area contributed by atoms with Crippen molar-refractivity contribution in [1.82, 2.24) is 0 Å². The minimum absolute atomic E-state index is 0.00935. The van der Waals surface area contributed by atoms with Gasteiger partial charge in [0, 0.05) is 16.8 Å². The van der Waals surface area contributed by atoms with E-state index in [0.29, 0.717) is 10.8 Å². The fourth-order valence-corrected chi connectivity index (χ4v) is 2.12. The van der Waals surface area contributed by atoms with Gasteiger partial charge in [-0.2, -0.15) is 0 Å². The molecule has 136 valence electrons. The molecule has 2 rings (SSSR count). The summed E-state index contributed by atoms with van der Waals surface area (Å²) in [6.07, 6.45) is 1.04. The summed E-state index contributed by atoms with van der Waals surface area (Å²) in [5.74, 6) is 0.521. The second kappa shape index (κ2) is 9.12. The molecular weight excluding hydrogens is 340 g/mol. The monoisotopic (exact) mass is 358 g/mol. The third-order valence-electron chi connectivity index (χ3n) is 3.16. The van der Waals surface area contributed by atoms with Crippen molar-refractivity contribution < 1.29 is 33.3 Å². The predicted octanol–water partition coefficient (Wildman–Crippen LogP) is 4.25. The van der Waals surface area contributed by atoms with E-state index in [2.05, 4.69) is 13.2 Å². The summed E-state index contributed by atoms with van der Waals surface area (Å²) >= 11 is 0. The zero-order valence-electron chi connectivity index (χ0n) is 14.2. The molecule has 2 aromatic carbocycles. The molecule has 0 unspecified atom stereocenters. The lowest BCUT2D eigenvalue weighted by Crippen LogP contribution is -2.13. The number of carbonyl (C=O) groups excluding carboxylic acids is 2. The Balaban J connectivity index is 2.42. The van der Waals surface area contributed by atoms with Gasteiger partial charge in [-0.25, -0.2) is 9.59 Å². The van der Waals surface area contributed by atoms with E-state index >= 15 is 0 Å². The van der Waals surface area contributed by atoms with Crippen LogP contribution < -0.4 is 14.2 Å². The lowest BCUT2D eigenvalue weighted by molar-refractivity contribution is 0.107. The Morgan fingerprint density at radius 2 is 1.50 bits per heavy atom. The van der Waals surface area contributed by atoms with Gasteiger partial charge in [-0.3, -0.25) is 0 Å². The van der Waals surface area contributed by atoms with Gasteiger partial charge in [0.15, 0.2) is 11.5 Å². The molecule has 0 atom stereocenters. The van der Waals surface area contributed by atoms with Crippen molar-refractivity contribution in [2.24, 2.45) is 0 Å². The minimum Gasteiger partial charge on any atom is -0.493 e. The Hall–Kier alpha value is -3.48. The van der Waals surface area contributed by atoms with Crippen molar-refractivity contribution in [2.75, 3.05) is 20.3 Å². The van der Waals surface area contributed by atoms with Crippen LogP contribution in [0.25, 0.3) is 10.8 Å². The van der Waals surface area contributed by atoms with Gasteiger partial charge in [-0.1, -0.05) is 49.6 Å². The van der Waals surface area contributed by atoms with Crippen molar-refractivity contribution in [2.45, 2.75) is 0 Å². The number of ether oxygens (including phenoxy) is 5. The fourth-order valence-electron chi connectivity index (χ4n) is 2.12. The van der Waals surface area contributed by atoms with Crippen LogP contribution in [0.5, 0.6) is 17.2 Å². The van der Waals surface area contributed by atoms with Crippen LogP contribution in [0.4, 0.5) is 9.59 Å². The maximum Gasteiger partial charge on any atom is 0.514 e. The Kier molecular flexibility index (Phi) is 6.61. The molecule has 0 N–H and O–H groups in total. The molecule has 0 aromatic heterocycles. The summed E-state index contributed by atoms with van der Waals surface area (Å²) in [6.45, 7) is 6.95. The van der Waals surface area contributed by atoms with Gasteiger partial charge >= 0.3 is 12.3 Å². The molecule has 0 bridgehead atoms. The molecule has 0 aliphatic heterocycles. The van der Waals surface area contributed by atoms with Gasteiger partial charge in [0.2, 0.25) is 0 Å². The second-order valence-electron chi connectivity index (χ2n) is 4.86. The topological polar surface area (TPSA) is 80.3 Å². The summed E-state index contributed by atoms with van der Waals surface area (Å²) in [4.78, 5) is 23.5. The van der Waals surface area contributed by atoms with E-state index < -0.39 is 12.3 Å². The number of carbonyl (C=O) groups is 2. The molecule has 0 aliphatic carbocycles. The highest BCUT2D eigenvalue weighted by Gasteiger charge is 2.20. The largest absolute Gasteiger partial charge is 0.514 e. The summed E-state index contributed by atoms with van der Waals surface area (Å²) in [6, 6.07) is 8.30. The minimum atomic E-state index is -0.910. The summed E-state index contributed by atoms with van der Waals surface area (Å²) < 4.78 is 25.4. The van der Waals surface area contributed by atoms with Crippen molar-refractivity contribution in [3.8, 4) is 17.2 Å². The Labute approximate surface area is 150 Å². The maximum atomic E-state index is 11.8. The Morgan fingerprint density at radius 3 is 2.08 bits per heavy atom. The quantitative estimate of drug-likeness (QED) is 0.416. The third kappa shape index (κ3) is 4.54. The Morgan fingerprint density at radius 1 is 0.923 bits per heavy atom. The maximum absolute atomic E-state index is 11.8. The SMILES string of the molecule is C=CCOC(=O)Oc1cc(OC)c(OC(=O)OCC=C)c2ccccc12. The van der Waals surface area contributed by atoms with Crippen molar-refractivity contribution in [1.29, 1.82) is 0 Å². The standard InChI is InChI=1S/C19H18O7/c1-4-10-23-18(20)25-15-12-16(22-3)17(26-19(21)24-11-5-2)14-9-7-6-8-13(14)15/h4-9,12H,1-2,10-11H2,3H3. The summed E-state index contributed by atoms with van der Waals surface area (Å²) in [5.41, 5.74) is 0. The number of methoxy groups -OCH3 is 1. The lowest BCUT2D eigenvalue weighted by atomic mass is 10.1. The molecule has 0 heterocycles. The molecule has 7 heteroatoms. The predicted molar refractivity (Wildman–Crippen MR) is 94.8 cm³/mol. The highest BCUT2D eigenvalue weighted by molar-refractivity contribution is 5.97. The van der Waals surface area contributed by atoms with Crippen LogP contribution in [0.3, 0.4) is 0 Å². The van der Waals surface area contributed by atoms with Crippen molar-refractivity contribution in [3.05, 3.63) is 55.6 Å². The molecule has 0 aliphatic rings. The molecule has 0 fully saturated rings. The molecule has 2 aromatic rings. The third-order valence-corrected chi connectivity index (χ3v) is 3.16. The van der Waals surface area contributed by atoms with Gasteiger partial charge in [0.05, 0.1) is 7.11 Å². The number of fused-ring (bicyclic) bond motifs is 1. The van der Waals surface area contributed by atoms with Crippen LogP contribution in [0, 0.1) is 0 Å². The molecule has 0 saturated carbocycles. The van der Waals surface area contributed by atoms with E-state index in [9.17, 15) is 9.59 Å². The number of rotatable bonds is 7. The van der Waals surface area contributed by atoms with Gasteiger partial charge < -0.3 is 23.7 Å². The molecule has 0 amide bonds. The van der Waals surface area contributed by atoms with Gasteiger partial charge in [-0.15, -0.1) is 0 Å². The van der Waals surface area contributed by atoms with Crippen LogP contribution in [0.1, 0.15) is 0 Å². The van der Waals surface area contributed by atoms with Gasteiger partial charge in [-0.05, 0) is 0 Å². The highest BCUT2D eigenvalue weighted by Crippen LogP contribution is 2.41. The first-order chi connectivity index (χ1) is 12.6.